The molecule has 3 aromatic rings. The second-order valence-electron chi connectivity index (χ2n) is 12.0. The molecule has 246 valence electrons. The third kappa shape index (κ3) is 10.1. The van der Waals surface area contributed by atoms with E-state index >= 15 is 0 Å². The fourth-order valence-corrected chi connectivity index (χ4v) is 5.80. The van der Waals surface area contributed by atoms with Gasteiger partial charge in [-0.2, -0.15) is 0 Å². The van der Waals surface area contributed by atoms with Crippen LogP contribution >= 0.6 is 0 Å². The van der Waals surface area contributed by atoms with Crippen LogP contribution in [0.3, 0.4) is 0 Å². The number of carbonyl (C=O) groups is 2. The number of para-hydroxylation sites is 2. The van der Waals surface area contributed by atoms with E-state index in [4.69, 9.17) is 19.9 Å². The van der Waals surface area contributed by atoms with Crippen LogP contribution in [0.1, 0.15) is 74.0 Å². The van der Waals surface area contributed by atoms with Crippen LogP contribution in [0.2, 0.25) is 0 Å². The summed E-state index contributed by atoms with van der Waals surface area (Å²) in [7, 11) is 0. The lowest BCUT2D eigenvalue weighted by atomic mass is 9.99. The lowest BCUT2D eigenvalue weighted by Gasteiger charge is -2.39. The van der Waals surface area contributed by atoms with Crippen LogP contribution in [-0.4, -0.2) is 60.8 Å². The van der Waals surface area contributed by atoms with Crippen molar-refractivity contribution < 1.29 is 28.9 Å². The number of hydrogen-bond acceptors (Lipinski definition) is 8. The molecule has 46 heavy (non-hydrogen) atoms. The van der Waals surface area contributed by atoms with Gasteiger partial charge in [-0.3, -0.25) is 14.5 Å². The second kappa shape index (κ2) is 17.2. The number of aliphatic hydroxyl groups is 1. The Hall–Kier alpha value is -3.80. The van der Waals surface area contributed by atoms with Crippen LogP contribution in [0.4, 0.5) is 17.1 Å². The molecule has 5 rings (SSSR count). The smallest absolute Gasteiger partial charge is 0.224 e. The number of ether oxygens (including phenoxy) is 3. The van der Waals surface area contributed by atoms with Crippen LogP contribution in [0.15, 0.2) is 72.8 Å². The summed E-state index contributed by atoms with van der Waals surface area (Å²) in [4.78, 5) is 27.1. The van der Waals surface area contributed by atoms with E-state index in [1.807, 2.05) is 60.7 Å². The number of nitrogen functional groups attached to an aromatic ring is 1. The number of nitrogens with one attached hydrogen (secondary N) is 2. The van der Waals surface area contributed by atoms with Crippen molar-refractivity contribution in [3.8, 4) is 0 Å². The molecule has 0 radical (unpaired) electrons. The highest BCUT2D eigenvalue weighted by molar-refractivity contribution is 5.93. The Morgan fingerprint density at radius 1 is 0.804 bits per heavy atom. The van der Waals surface area contributed by atoms with Gasteiger partial charge in [-0.05, 0) is 48.2 Å². The maximum Gasteiger partial charge on any atom is 0.224 e. The number of aliphatic hydroxyl groups excluding tert-OH is 1. The SMILES string of the molecule is Nc1ccccc1NC(=O)CCCCCCC(=O)Nc1ccc([C@H]2O[C@@H](CN3CCOCC3)C[C@@H](c3ccc(CO)cc3)O2)cc1. The number of unbranched alkanes of at least 4 members (excludes halogenated alkanes) is 3. The second-order valence-corrected chi connectivity index (χ2v) is 12.0. The Balaban J connectivity index is 1.07. The van der Waals surface area contributed by atoms with Crippen molar-refractivity contribution in [3.63, 3.8) is 0 Å². The van der Waals surface area contributed by atoms with Gasteiger partial charge in [0.05, 0.1) is 43.4 Å². The molecule has 2 heterocycles. The van der Waals surface area contributed by atoms with Gasteiger partial charge in [0.25, 0.3) is 0 Å². The molecule has 2 aliphatic rings. The molecule has 3 aromatic carbocycles. The molecule has 2 saturated heterocycles. The summed E-state index contributed by atoms with van der Waals surface area (Å²) in [6, 6.07) is 22.8. The number of hydrogen-bond donors (Lipinski definition) is 4. The number of nitrogens with zero attached hydrogens (tertiary/aromatic N) is 1. The summed E-state index contributed by atoms with van der Waals surface area (Å²) in [5.74, 6) is -0.0878. The van der Waals surface area contributed by atoms with Crippen molar-refractivity contribution in [2.24, 2.45) is 0 Å². The number of morpholine rings is 1. The molecule has 0 saturated carbocycles. The summed E-state index contributed by atoms with van der Waals surface area (Å²) >= 11 is 0. The summed E-state index contributed by atoms with van der Waals surface area (Å²) in [6.45, 7) is 4.05. The van der Waals surface area contributed by atoms with E-state index in [0.717, 1.165) is 87.3 Å². The van der Waals surface area contributed by atoms with Gasteiger partial charge in [0.2, 0.25) is 11.8 Å². The van der Waals surface area contributed by atoms with Crippen molar-refractivity contribution in [2.45, 2.75) is 70.1 Å². The lowest BCUT2D eigenvalue weighted by molar-refractivity contribution is -0.253. The zero-order chi connectivity index (χ0) is 32.1. The minimum Gasteiger partial charge on any atom is -0.397 e. The Bertz CT molecular complexity index is 1390. The van der Waals surface area contributed by atoms with Crippen LogP contribution in [-0.2, 0) is 30.4 Å². The van der Waals surface area contributed by atoms with Crippen molar-refractivity contribution in [1.82, 2.24) is 4.90 Å². The van der Waals surface area contributed by atoms with Crippen molar-refractivity contribution in [3.05, 3.63) is 89.5 Å². The third-order valence-electron chi connectivity index (χ3n) is 8.44. The van der Waals surface area contributed by atoms with Crippen LogP contribution in [0, 0.1) is 0 Å². The zero-order valence-corrected chi connectivity index (χ0v) is 26.4. The molecule has 2 amide bonds. The molecule has 3 atom stereocenters. The molecule has 0 unspecified atom stereocenters. The molecular weight excluding hydrogens is 584 g/mol. The number of amides is 2. The maximum absolute atomic E-state index is 12.6. The number of anilines is 3. The summed E-state index contributed by atoms with van der Waals surface area (Å²) in [6.07, 6.45) is 4.13. The summed E-state index contributed by atoms with van der Waals surface area (Å²) in [5, 5.41) is 15.3. The van der Waals surface area contributed by atoms with E-state index in [9.17, 15) is 14.7 Å². The molecule has 2 aliphatic heterocycles. The number of nitrogens with two attached hydrogens (primary N) is 1. The first-order valence-electron chi connectivity index (χ1n) is 16.3. The normalized spacial score (nSPS) is 20.2. The molecule has 10 heteroatoms. The number of rotatable bonds is 14. The van der Waals surface area contributed by atoms with E-state index in [2.05, 4.69) is 15.5 Å². The summed E-state index contributed by atoms with van der Waals surface area (Å²) < 4.78 is 18.4. The van der Waals surface area contributed by atoms with Gasteiger partial charge < -0.3 is 35.7 Å². The Labute approximate surface area is 271 Å². The van der Waals surface area contributed by atoms with Gasteiger partial charge in [0.15, 0.2) is 6.29 Å². The predicted molar refractivity (Wildman–Crippen MR) is 178 cm³/mol. The average molecular weight is 631 g/mol. The third-order valence-corrected chi connectivity index (χ3v) is 8.44. The van der Waals surface area contributed by atoms with Gasteiger partial charge in [-0.15, -0.1) is 0 Å². The molecule has 0 spiro atoms. The molecule has 0 bridgehead atoms. The quantitative estimate of drug-likeness (QED) is 0.134. The lowest BCUT2D eigenvalue weighted by Crippen LogP contribution is -2.44. The standard InChI is InChI=1S/C36H46N4O6/c37-31-7-5-6-8-32(31)39-35(43)10-4-2-1-3-9-34(42)38-29-17-15-28(16-18-29)36-45-30(24-40-19-21-44-22-20-40)23-33(46-36)27-13-11-26(25-41)12-14-27/h5-8,11-18,30,33,36,41H,1-4,9-10,19-25,37H2,(H,38,42)(H,39,43)/t30-,33+,36+/m1/s1. The molecule has 0 aliphatic carbocycles. The molecule has 10 nitrogen and oxygen atoms in total. The van der Waals surface area contributed by atoms with Gasteiger partial charge >= 0.3 is 0 Å². The highest BCUT2D eigenvalue weighted by Gasteiger charge is 2.33. The monoisotopic (exact) mass is 630 g/mol. The van der Waals surface area contributed by atoms with Crippen molar-refractivity contribution in [2.75, 3.05) is 49.2 Å². The van der Waals surface area contributed by atoms with E-state index in [1.54, 1.807) is 12.1 Å². The highest BCUT2D eigenvalue weighted by Crippen LogP contribution is 2.38. The highest BCUT2D eigenvalue weighted by atomic mass is 16.7. The van der Waals surface area contributed by atoms with E-state index < -0.39 is 6.29 Å². The molecule has 5 N–H and O–H groups in total. The maximum atomic E-state index is 12.6. The molecular formula is C36H46N4O6. The van der Waals surface area contributed by atoms with Gasteiger partial charge in [-0.1, -0.05) is 61.4 Å². The number of carbonyl (C=O) groups excluding carboxylic acids is 2. The van der Waals surface area contributed by atoms with Crippen LogP contribution in [0.5, 0.6) is 0 Å². The van der Waals surface area contributed by atoms with Crippen molar-refractivity contribution >= 4 is 28.9 Å². The fraction of sp³-hybridized carbons (Fsp3) is 0.444. The first-order valence-corrected chi connectivity index (χ1v) is 16.3. The van der Waals surface area contributed by atoms with Crippen LogP contribution < -0.4 is 16.4 Å². The van der Waals surface area contributed by atoms with Crippen molar-refractivity contribution in [1.29, 1.82) is 0 Å². The topological polar surface area (TPSA) is 135 Å². The van der Waals surface area contributed by atoms with E-state index in [0.29, 0.717) is 24.2 Å². The van der Waals surface area contributed by atoms with Crippen LogP contribution in [0.25, 0.3) is 0 Å². The van der Waals surface area contributed by atoms with Gasteiger partial charge in [-0.25, -0.2) is 0 Å². The molecule has 0 aromatic heterocycles. The first kappa shape index (κ1) is 33.6. The largest absolute Gasteiger partial charge is 0.397 e. The predicted octanol–water partition coefficient (Wildman–Crippen LogP) is 5.56. The number of benzene rings is 3. The minimum atomic E-state index is -0.542. The molecule has 2 fully saturated rings. The Kier molecular flexibility index (Phi) is 12.6. The summed E-state index contributed by atoms with van der Waals surface area (Å²) in [5.41, 5.74) is 10.6. The zero-order valence-electron chi connectivity index (χ0n) is 26.4. The average Bonchev–Trinajstić information content (AvgIpc) is 3.08. The van der Waals surface area contributed by atoms with Gasteiger partial charge in [0.1, 0.15) is 0 Å². The Morgan fingerprint density at radius 3 is 2.13 bits per heavy atom. The van der Waals surface area contributed by atoms with E-state index in [1.165, 1.54) is 0 Å². The fourth-order valence-electron chi connectivity index (χ4n) is 5.80. The first-order chi connectivity index (χ1) is 22.5. The minimum absolute atomic E-state index is 0.00624. The van der Waals surface area contributed by atoms with E-state index in [-0.39, 0.29) is 30.6 Å². The van der Waals surface area contributed by atoms with Gasteiger partial charge in [0, 0.05) is 50.1 Å². The Morgan fingerprint density at radius 2 is 1.46 bits per heavy atom.